The summed E-state index contributed by atoms with van der Waals surface area (Å²) in [7, 11) is 1.43. The highest BCUT2D eigenvalue weighted by molar-refractivity contribution is 5.68. The number of carbonyl (C=O) groups is 1. The van der Waals surface area contributed by atoms with E-state index >= 15 is 0 Å². The molecule has 1 aliphatic heterocycles. The SMILES string of the molecule is CCCCCCCCCCCCC#C[C@H]1O[C@@H]1CCCC(=O)OC. The van der Waals surface area contributed by atoms with Crippen molar-refractivity contribution in [3.63, 3.8) is 0 Å². The number of hydrogen-bond donors (Lipinski definition) is 0. The van der Waals surface area contributed by atoms with Gasteiger partial charge >= 0.3 is 5.97 Å². The summed E-state index contributed by atoms with van der Waals surface area (Å²) >= 11 is 0. The van der Waals surface area contributed by atoms with Crippen molar-refractivity contribution in [2.45, 2.75) is 109 Å². The molecule has 0 aliphatic carbocycles. The van der Waals surface area contributed by atoms with Crippen LogP contribution in [0.25, 0.3) is 0 Å². The lowest BCUT2D eigenvalue weighted by molar-refractivity contribution is -0.140. The first kappa shape index (κ1) is 21.0. The van der Waals surface area contributed by atoms with Crippen LogP contribution in [0, 0.1) is 11.8 Å². The van der Waals surface area contributed by atoms with E-state index in [2.05, 4.69) is 23.5 Å². The van der Waals surface area contributed by atoms with Crippen LogP contribution in [-0.4, -0.2) is 25.3 Å². The Balaban J connectivity index is 1.83. The van der Waals surface area contributed by atoms with Crippen molar-refractivity contribution >= 4 is 5.97 Å². The van der Waals surface area contributed by atoms with Crippen molar-refractivity contribution in [3.8, 4) is 11.8 Å². The van der Waals surface area contributed by atoms with Crippen LogP contribution < -0.4 is 0 Å². The van der Waals surface area contributed by atoms with Crippen molar-refractivity contribution in [1.82, 2.24) is 0 Å². The predicted octanol–water partition coefficient (Wildman–Crippen LogP) is 5.41. The van der Waals surface area contributed by atoms with Gasteiger partial charge in [-0.3, -0.25) is 4.79 Å². The Bertz CT molecular complexity index is 380. The molecule has 24 heavy (non-hydrogen) atoms. The highest BCUT2D eigenvalue weighted by Crippen LogP contribution is 2.26. The van der Waals surface area contributed by atoms with Gasteiger partial charge in [-0.15, -0.1) is 5.92 Å². The largest absolute Gasteiger partial charge is 0.469 e. The quantitative estimate of drug-likeness (QED) is 0.184. The molecule has 0 aromatic carbocycles. The topological polar surface area (TPSA) is 38.8 Å². The number of epoxide rings is 1. The average Bonchev–Trinajstić information content (AvgIpc) is 3.34. The lowest BCUT2D eigenvalue weighted by atomic mass is 10.1. The van der Waals surface area contributed by atoms with Crippen LogP contribution in [0.5, 0.6) is 0 Å². The number of methoxy groups -OCH3 is 1. The summed E-state index contributed by atoms with van der Waals surface area (Å²) in [5.74, 6) is 6.31. The zero-order valence-electron chi connectivity index (χ0n) is 15.8. The number of hydrogen-bond acceptors (Lipinski definition) is 3. The molecule has 1 rings (SSSR count). The second-order valence-corrected chi connectivity index (χ2v) is 6.82. The molecule has 1 aliphatic rings. The molecule has 0 unspecified atom stereocenters. The molecule has 138 valence electrons. The fourth-order valence-electron chi connectivity index (χ4n) is 2.91. The Morgan fingerprint density at radius 1 is 0.958 bits per heavy atom. The number of unbranched alkanes of at least 4 members (excludes halogenated alkanes) is 10. The van der Waals surface area contributed by atoms with Crippen molar-refractivity contribution in [2.75, 3.05) is 7.11 Å². The Hall–Kier alpha value is -1.01. The van der Waals surface area contributed by atoms with Crippen LogP contribution in [0.1, 0.15) is 96.8 Å². The summed E-state index contributed by atoms with van der Waals surface area (Å²) in [6.07, 6.45) is 17.2. The molecule has 0 saturated carbocycles. The molecular weight excluding hydrogens is 300 g/mol. The van der Waals surface area contributed by atoms with E-state index in [1.807, 2.05) is 0 Å². The third-order valence-electron chi connectivity index (χ3n) is 4.58. The van der Waals surface area contributed by atoms with Crippen LogP contribution in [0.15, 0.2) is 0 Å². The van der Waals surface area contributed by atoms with E-state index in [0.717, 1.165) is 19.3 Å². The Kier molecular flexibility index (Phi) is 12.6. The van der Waals surface area contributed by atoms with Gasteiger partial charge in [0.25, 0.3) is 0 Å². The number of ether oxygens (including phenoxy) is 2. The maximum absolute atomic E-state index is 11.0. The zero-order chi connectivity index (χ0) is 17.5. The summed E-state index contributed by atoms with van der Waals surface area (Å²) < 4.78 is 10.1. The highest BCUT2D eigenvalue weighted by Gasteiger charge is 2.36. The minimum atomic E-state index is -0.140. The third-order valence-corrected chi connectivity index (χ3v) is 4.58. The van der Waals surface area contributed by atoms with Gasteiger partial charge in [0, 0.05) is 12.8 Å². The maximum Gasteiger partial charge on any atom is 0.305 e. The van der Waals surface area contributed by atoms with Crippen molar-refractivity contribution in [2.24, 2.45) is 0 Å². The van der Waals surface area contributed by atoms with Gasteiger partial charge in [0.15, 0.2) is 0 Å². The molecule has 0 radical (unpaired) electrons. The summed E-state index contributed by atoms with van der Waals surface area (Å²) in [5.41, 5.74) is 0. The molecule has 0 aromatic rings. The standard InChI is InChI=1S/C21H36O3/c1-3-4-5-6-7-8-9-10-11-12-13-14-16-19-20(24-19)17-15-18-21(22)23-2/h19-20H,3-13,15,17-18H2,1-2H3/t19-,20-/m1/s1. The molecule has 0 bridgehead atoms. The number of rotatable bonds is 14. The van der Waals surface area contributed by atoms with Crippen LogP contribution in [0.4, 0.5) is 0 Å². The minimum absolute atomic E-state index is 0.116. The molecule has 3 nitrogen and oxygen atoms in total. The average molecular weight is 337 g/mol. The van der Waals surface area contributed by atoms with Crippen LogP contribution in [-0.2, 0) is 14.3 Å². The van der Waals surface area contributed by atoms with Crippen LogP contribution in [0.2, 0.25) is 0 Å². The molecule has 1 heterocycles. The lowest BCUT2D eigenvalue weighted by Gasteiger charge is -2.00. The first-order valence-electron chi connectivity index (χ1n) is 9.98. The van der Waals surface area contributed by atoms with E-state index < -0.39 is 0 Å². The van der Waals surface area contributed by atoms with E-state index in [4.69, 9.17) is 4.74 Å². The Morgan fingerprint density at radius 2 is 1.58 bits per heavy atom. The van der Waals surface area contributed by atoms with Gasteiger partial charge in [-0.05, 0) is 19.3 Å². The fraction of sp³-hybridized carbons (Fsp3) is 0.857. The maximum atomic E-state index is 11.0. The molecular formula is C21H36O3. The Morgan fingerprint density at radius 3 is 2.21 bits per heavy atom. The van der Waals surface area contributed by atoms with Gasteiger partial charge in [0.05, 0.1) is 13.2 Å². The van der Waals surface area contributed by atoms with Gasteiger partial charge in [0.1, 0.15) is 6.10 Å². The lowest BCUT2D eigenvalue weighted by Crippen LogP contribution is -2.01. The van der Waals surface area contributed by atoms with Crippen molar-refractivity contribution < 1.29 is 14.3 Å². The van der Waals surface area contributed by atoms with Gasteiger partial charge in [-0.1, -0.05) is 70.6 Å². The van der Waals surface area contributed by atoms with Gasteiger partial charge in [-0.25, -0.2) is 0 Å². The zero-order valence-corrected chi connectivity index (χ0v) is 15.8. The van der Waals surface area contributed by atoms with Crippen LogP contribution in [0.3, 0.4) is 0 Å². The number of esters is 1. The summed E-state index contributed by atoms with van der Waals surface area (Å²) in [5, 5.41) is 0. The first-order valence-corrected chi connectivity index (χ1v) is 9.98. The summed E-state index contributed by atoms with van der Waals surface area (Å²) in [6.45, 7) is 2.27. The molecule has 3 heteroatoms. The molecule has 0 N–H and O–H groups in total. The van der Waals surface area contributed by atoms with E-state index in [9.17, 15) is 4.79 Å². The monoisotopic (exact) mass is 336 g/mol. The van der Waals surface area contributed by atoms with E-state index in [1.54, 1.807) is 0 Å². The number of carbonyl (C=O) groups excluding carboxylic acids is 1. The minimum Gasteiger partial charge on any atom is -0.469 e. The summed E-state index contributed by atoms with van der Waals surface area (Å²) in [4.78, 5) is 11.0. The van der Waals surface area contributed by atoms with E-state index in [-0.39, 0.29) is 18.2 Å². The smallest absolute Gasteiger partial charge is 0.305 e. The molecule has 0 spiro atoms. The summed E-state index contributed by atoms with van der Waals surface area (Å²) in [6, 6.07) is 0. The van der Waals surface area contributed by atoms with Crippen LogP contribution >= 0.6 is 0 Å². The van der Waals surface area contributed by atoms with E-state index in [0.29, 0.717) is 6.42 Å². The molecule has 1 saturated heterocycles. The third kappa shape index (κ3) is 11.5. The molecule has 2 atom stereocenters. The molecule has 0 amide bonds. The first-order chi connectivity index (χ1) is 11.8. The Labute approximate surface area is 148 Å². The predicted molar refractivity (Wildman–Crippen MR) is 98.8 cm³/mol. The van der Waals surface area contributed by atoms with Gasteiger partial charge in [0.2, 0.25) is 0 Å². The van der Waals surface area contributed by atoms with Crippen molar-refractivity contribution in [1.29, 1.82) is 0 Å². The van der Waals surface area contributed by atoms with Gasteiger partial charge < -0.3 is 9.47 Å². The highest BCUT2D eigenvalue weighted by atomic mass is 16.6. The van der Waals surface area contributed by atoms with E-state index in [1.165, 1.54) is 71.3 Å². The van der Waals surface area contributed by atoms with Crippen molar-refractivity contribution in [3.05, 3.63) is 0 Å². The second-order valence-electron chi connectivity index (χ2n) is 6.82. The van der Waals surface area contributed by atoms with Gasteiger partial charge in [-0.2, -0.15) is 0 Å². The molecule has 1 fully saturated rings. The fourth-order valence-corrected chi connectivity index (χ4v) is 2.91. The normalized spacial score (nSPS) is 18.8. The molecule has 0 aromatic heterocycles. The second kappa shape index (κ2) is 14.3.